The van der Waals surface area contributed by atoms with Crippen LogP contribution in [0.4, 0.5) is 0 Å². The maximum atomic E-state index is 12.6. The number of carbonyl (C=O) groups is 1. The number of hydrogen-bond donors (Lipinski definition) is 0. The smallest absolute Gasteiger partial charge is 0.227 e. The zero-order chi connectivity index (χ0) is 16.2. The number of thiazole rings is 1. The van der Waals surface area contributed by atoms with E-state index < -0.39 is 0 Å². The Labute approximate surface area is 140 Å². The van der Waals surface area contributed by atoms with E-state index in [0.29, 0.717) is 6.54 Å². The molecule has 1 aliphatic heterocycles. The zero-order valence-electron chi connectivity index (χ0n) is 13.7. The second-order valence-corrected chi connectivity index (χ2v) is 7.16. The van der Waals surface area contributed by atoms with Crippen LogP contribution in [0.2, 0.25) is 0 Å². The number of amides is 1. The Morgan fingerprint density at radius 3 is 3.09 bits per heavy atom. The number of likely N-dealkylation sites (tertiary alicyclic amines) is 1. The summed E-state index contributed by atoms with van der Waals surface area (Å²) in [6.45, 7) is 4.04. The van der Waals surface area contributed by atoms with Gasteiger partial charge in [-0.15, -0.1) is 11.3 Å². The van der Waals surface area contributed by atoms with E-state index in [4.69, 9.17) is 4.74 Å². The number of fused-ring (bicyclic) bond motifs is 1. The van der Waals surface area contributed by atoms with Crippen molar-refractivity contribution in [1.82, 2.24) is 14.8 Å². The lowest BCUT2D eigenvalue weighted by atomic mass is 10.1. The summed E-state index contributed by atoms with van der Waals surface area (Å²) in [7, 11) is 3.59. The molecule has 1 aromatic carbocycles. The highest BCUT2D eigenvalue weighted by Gasteiger charge is 2.30. The summed E-state index contributed by atoms with van der Waals surface area (Å²) in [5.41, 5.74) is 1.01. The van der Waals surface area contributed by atoms with Crippen LogP contribution in [0, 0.1) is 5.92 Å². The molecule has 0 bridgehead atoms. The van der Waals surface area contributed by atoms with E-state index in [2.05, 4.69) is 16.0 Å². The fourth-order valence-corrected chi connectivity index (χ4v) is 4.06. The Kier molecular flexibility index (Phi) is 5.25. The Morgan fingerprint density at radius 2 is 2.30 bits per heavy atom. The Hall–Kier alpha value is -1.50. The molecule has 1 atom stereocenters. The van der Waals surface area contributed by atoms with Crippen molar-refractivity contribution in [3.05, 3.63) is 29.3 Å². The first-order valence-corrected chi connectivity index (χ1v) is 8.79. The van der Waals surface area contributed by atoms with Crippen molar-refractivity contribution in [3.8, 4) is 0 Å². The number of aromatic nitrogens is 1. The molecule has 0 radical (unpaired) electrons. The van der Waals surface area contributed by atoms with E-state index in [1.54, 1.807) is 18.4 Å². The number of rotatable bonds is 6. The summed E-state index contributed by atoms with van der Waals surface area (Å²) in [6, 6.07) is 8.10. The largest absolute Gasteiger partial charge is 0.383 e. The highest BCUT2D eigenvalue weighted by Crippen LogP contribution is 2.24. The van der Waals surface area contributed by atoms with Crippen LogP contribution in [0.1, 0.15) is 11.4 Å². The van der Waals surface area contributed by atoms with Crippen molar-refractivity contribution >= 4 is 27.5 Å². The molecule has 0 spiro atoms. The van der Waals surface area contributed by atoms with E-state index in [1.807, 2.05) is 30.1 Å². The minimum atomic E-state index is 0.103. The SMILES string of the molecule is COCCN1CCC(C(=O)N(C)Cc2nc3ccccc3s2)C1. The average Bonchev–Trinajstić information content (AvgIpc) is 3.18. The predicted octanol–water partition coefficient (Wildman–Crippen LogP) is 2.22. The second kappa shape index (κ2) is 7.38. The van der Waals surface area contributed by atoms with Gasteiger partial charge in [-0.3, -0.25) is 4.79 Å². The first kappa shape index (κ1) is 16.4. The van der Waals surface area contributed by atoms with Crippen LogP contribution in [0.15, 0.2) is 24.3 Å². The third-order valence-electron chi connectivity index (χ3n) is 4.32. The molecule has 0 aliphatic carbocycles. The van der Waals surface area contributed by atoms with E-state index in [0.717, 1.165) is 43.2 Å². The van der Waals surface area contributed by atoms with Gasteiger partial charge in [0.05, 0.1) is 29.3 Å². The van der Waals surface area contributed by atoms with Crippen LogP contribution in [0.25, 0.3) is 10.2 Å². The van der Waals surface area contributed by atoms with Crippen LogP contribution in [-0.2, 0) is 16.1 Å². The molecule has 6 heteroatoms. The van der Waals surface area contributed by atoms with Crippen LogP contribution in [0.3, 0.4) is 0 Å². The third kappa shape index (κ3) is 3.88. The van der Waals surface area contributed by atoms with Gasteiger partial charge in [0.1, 0.15) is 5.01 Å². The minimum absolute atomic E-state index is 0.103. The summed E-state index contributed by atoms with van der Waals surface area (Å²) >= 11 is 1.67. The number of nitrogens with zero attached hydrogens (tertiary/aromatic N) is 3. The molecule has 5 nitrogen and oxygen atoms in total. The molecule has 23 heavy (non-hydrogen) atoms. The maximum Gasteiger partial charge on any atom is 0.227 e. The van der Waals surface area contributed by atoms with Crippen molar-refractivity contribution < 1.29 is 9.53 Å². The van der Waals surface area contributed by atoms with Crippen LogP contribution >= 0.6 is 11.3 Å². The number of carbonyl (C=O) groups excluding carboxylic acids is 1. The molecule has 1 amide bonds. The van der Waals surface area contributed by atoms with Crippen molar-refractivity contribution in [2.45, 2.75) is 13.0 Å². The minimum Gasteiger partial charge on any atom is -0.383 e. The van der Waals surface area contributed by atoms with Crippen LogP contribution in [0.5, 0.6) is 0 Å². The van der Waals surface area contributed by atoms with Gasteiger partial charge in [0, 0.05) is 27.2 Å². The Bertz CT molecular complexity index is 640. The lowest BCUT2D eigenvalue weighted by Crippen LogP contribution is -2.34. The normalized spacial score (nSPS) is 18.6. The van der Waals surface area contributed by atoms with Crippen LogP contribution < -0.4 is 0 Å². The van der Waals surface area contributed by atoms with Gasteiger partial charge in [0.15, 0.2) is 0 Å². The monoisotopic (exact) mass is 333 g/mol. The van der Waals surface area contributed by atoms with E-state index in [9.17, 15) is 4.79 Å². The van der Waals surface area contributed by atoms with Gasteiger partial charge in [-0.2, -0.15) is 0 Å². The highest BCUT2D eigenvalue weighted by molar-refractivity contribution is 7.18. The van der Waals surface area contributed by atoms with Gasteiger partial charge in [-0.1, -0.05) is 12.1 Å². The molecule has 124 valence electrons. The fraction of sp³-hybridized carbons (Fsp3) is 0.529. The lowest BCUT2D eigenvalue weighted by Gasteiger charge is -2.20. The van der Waals surface area contributed by atoms with Gasteiger partial charge in [-0.05, 0) is 25.1 Å². The number of methoxy groups -OCH3 is 1. The molecule has 2 heterocycles. The van der Waals surface area contributed by atoms with Crippen molar-refractivity contribution in [2.24, 2.45) is 5.92 Å². The highest BCUT2D eigenvalue weighted by atomic mass is 32.1. The molecule has 3 rings (SSSR count). The molecule has 0 saturated carbocycles. The lowest BCUT2D eigenvalue weighted by molar-refractivity contribution is -0.134. The molecule has 1 aromatic heterocycles. The van der Waals surface area contributed by atoms with Gasteiger partial charge in [-0.25, -0.2) is 4.98 Å². The van der Waals surface area contributed by atoms with E-state index >= 15 is 0 Å². The molecule has 1 saturated heterocycles. The topological polar surface area (TPSA) is 45.7 Å². The fourth-order valence-electron chi connectivity index (χ4n) is 3.04. The number of hydrogen-bond acceptors (Lipinski definition) is 5. The summed E-state index contributed by atoms with van der Waals surface area (Å²) < 4.78 is 6.29. The second-order valence-electron chi connectivity index (χ2n) is 6.05. The summed E-state index contributed by atoms with van der Waals surface area (Å²) in [6.07, 6.45) is 0.937. The molecular formula is C17H23N3O2S. The molecule has 1 aliphatic rings. The molecule has 2 aromatic rings. The standard InChI is InChI=1S/C17H23N3O2S/c1-19(12-16-18-14-5-3-4-6-15(14)23-16)17(21)13-7-8-20(11-13)9-10-22-2/h3-6,13H,7-12H2,1-2H3. The first-order chi connectivity index (χ1) is 11.2. The van der Waals surface area contributed by atoms with Gasteiger partial charge in [0.2, 0.25) is 5.91 Å². The number of para-hydroxylation sites is 1. The third-order valence-corrected chi connectivity index (χ3v) is 5.34. The molecule has 1 unspecified atom stereocenters. The van der Waals surface area contributed by atoms with Crippen molar-refractivity contribution in [2.75, 3.05) is 40.4 Å². The number of benzene rings is 1. The Morgan fingerprint density at radius 1 is 1.48 bits per heavy atom. The van der Waals surface area contributed by atoms with E-state index in [1.165, 1.54) is 4.70 Å². The Balaban J connectivity index is 1.57. The molecular weight excluding hydrogens is 310 g/mol. The summed E-state index contributed by atoms with van der Waals surface area (Å²) in [4.78, 5) is 21.4. The van der Waals surface area contributed by atoms with E-state index in [-0.39, 0.29) is 11.8 Å². The quantitative estimate of drug-likeness (QED) is 0.813. The zero-order valence-corrected chi connectivity index (χ0v) is 14.5. The summed E-state index contributed by atoms with van der Waals surface area (Å²) in [5, 5.41) is 0.997. The molecule has 0 N–H and O–H groups in total. The van der Waals surface area contributed by atoms with Crippen molar-refractivity contribution in [3.63, 3.8) is 0 Å². The predicted molar refractivity (Wildman–Crippen MR) is 92.5 cm³/mol. The van der Waals surface area contributed by atoms with Gasteiger partial charge >= 0.3 is 0 Å². The first-order valence-electron chi connectivity index (χ1n) is 7.98. The van der Waals surface area contributed by atoms with Gasteiger partial charge < -0.3 is 14.5 Å². The molecule has 1 fully saturated rings. The van der Waals surface area contributed by atoms with Crippen LogP contribution in [-0.4, -0.2) is 61.1 Å². The average molecular weight is 333 g/mol. The van der Waals surface area contributed by atoms with Crippen molar-refractivity contribution in [1.29, 1.82) is 0 Å². The maximum absolute atomic E-state index is 12.6. The van der Waals surface area contributed by atoms with Gasteiger partial charge in [0.25, 0.3) is 0 Å². The number of ether oxygens (including phenoxy) is 1. The summed E-state index contributed by atoms with van der Waals surface area (Å²) in [5.74, 6) is 0.329.